The van der Waals surface area contributed by atoms with Crippen molar-refractivity contribution in [2.45, 2.75) is 44.1 Å². The second-order valence-corrected chi connectivity index (χ2v) is 6.91. The maximum absolute atomic E-state index is 13.0. The van der Waals surface area contributed by atoms with Gasteiger partial charge in [0.1, 0.15) is 12.2 Å². The lowest BCUT2D eigenvalue weighted by atomic mass is 9.52. The van der Waals surface area contributed by atoms with Crippen LogP contribution in [0.1, 0.15) is 38.5 Å². The zero-order valence-corrected chi connectivity index (χ0v) is 9.95. The van der Waals surface area contributed by atoms with Crippen molar-refractivity contribution in [1.29, 1.82) is 0 Å². The second kappa shape index (κ2) is 3.01. The highest BCUT2D eigenvalue weighted by Crippen LogP contribution is 2.59. The van der Waals surface area contributed by atoms with Crippen molar-refractivity contribution in [2.24, 2.45) is 17.8 Å². The fraction of sp³-hybridized carbons (Fsp3) is 1.00. The van der Waals surface area contributed by atoms with Gasteiger partial charge in [0, 0.05) is 19.3 Å². The van der Waals surface area contributed by atoms with E-state index in [0.29, 0.717) is 6.67 Å². The Kier molecular flexibility index (Phi) is 1.85. The summed E-state index contributed by atoms with van der Waals surface area (Å²) in [7, 11) is 0. The first-order valence-corrected chi connectivity index (χ1v) is 6.98. The zero-order valence-electron chi connectivity index (χ0n) is 9.95. The van der Waals surface area contributed by atoms with Gasteiger partial charge in [0.05, 0.1) is 13.1 Å². The molecule has 5 fully saturated rings. The summed E-state index contributed by atoms with van der Waals surface area (Å²) in [6, 6.07) is 0. The van der Waals surface area contributed by atoms with Gasteiger partial charge < -0.3 is 9.85 Å². The number of hydrogen-bond acceptors (Lipinski definition) is 2. The van der Waals surface area contributed by atoms with Gasteiger partial charge in [0.25, 0.3) is 0 Å². The van der Waals surface area contributed by atoms with Crippen LogP contribution in [0.15, 0.2) is 0 Å². The Morgan fingerprint density at radius 1 is 1.00 bits per heavy atom. The highest BCUT2D eigenvalue weighted by molar-refractivity contribution is 5.04. The third-order valence-electron chi connectivity index (χ3n) is 5.89. The van der Waals surface area contributed by atoms with Gasteiger partial charge in [0.2, 0.25) is 0 Å². The minimum atomic E-state index is 0.108. The van der Waals surface area contributed by atoms with Crippen LogP contribution < -0.4 is 5.32 Å². The van der Waals surface area contributed by atoms with E-state index in [2.05, 4.69) is 5.32 Å². The van der Waals surface area contributed by atoms with E-state index in [0.717, 1.165) is 30.8 Å². The molecule has 90 valence electrons. The lowest BCUT2D eigenvalue weighted by Gasteiger charge is -2.64. The number of hydrogen-bond donors (Lipinski definition) is 1. The number of nitrogens with zero attached hydrogens (tertiary/aromatic N) is 1. The van der Waals surface area contributed by atoms with E-state index in [1.165, 1.54) is 38.5 Å². The molecule has 1 saturated heterocycles. The molecule has 0 aromatic carbocycles. The maximum atomic E-state index is 13.0. The Hall–Kier alpha value is -0.120. The standard InChI is InChI=1S/C13H22N2O/c16-15(2-1-14-9-15)13-6-10-3-11(7-13)5-12(4-10)8-13/h10-12,14H,1-9H2. The largest absolute Gasteiger partial charge is 0.631 e. The molecule has 3 nitrogen and oxygen atoms in total. The maximum Gasteiger partial charge on any atom is 0.132 e. The summed E-state index contributed by atoms with van der Waals surface area (Å²) < 4.78 is 0.108. The summed E-state index contributed by atoms with van der Waals surface area (Å²) >= 11 is 0. The minimum Gasteiger partial charge on any atom is -0.631 e. The van der Waals surface area contributed by atoms with Gasteiger partial charge in [-0.15, -0.1) is 0 Å². The van der Waals surface area contributed by atoms with Gasteiger partial charge in [-0.2, -0.15) is 0 Å². The first-order chi connectivity index (χ1) is 7.69. The van der Waals surface area contributed by atoms with Crippen molar-refractivity contribution in [3.63, 3.8) is 0 Å². The van der Waals surface area contributed by atoms with Gasteiger partial charge in [-0.25, -0.2) is 0 Å². The van der Waals surface area contributed by atoms with Crippen LogP contribution in [0.5, 0.6) is 0 Å². The molecule has 3 heteroatoms. The fourth-order valence-corrected chi connectivity index (χ4v) is 5.57. The Balaban J connectivity index is 1.70. The van der Waals surface area contributed by atoms with Crippen LogP contribution in [0.2, 0.25) is 0 Å². The highest BCUT2D eigenvalue weighted by Gasteiger charge is 2.58. The Labute approximate surface area is 97.4 Å². The van der Waals surface area contributed by atoms with Gasteiger partial charge in [-0.05, 0) is 37.0 Å². The molecule has 1 atom stereocenters. The molecule has 1 N–H and O–H groups in total. The Morgan fingerprint density at radius 2 is 1.56 bits per heavy atom. The lowest BCUT2D eigenvalue weighted by Crippen LogP contribution is -2.67. The predicted molar refractivity (Wildman–Crippen MR) is 62.3 cm³/mol. The summed E-state index contributed by atoms with van der Waals surface area (Å²) in [6.45, 7) is 2.45. The Morgan fingerprint density at radius 3 is 2.00 bits per heavy atom. The van der Waals surface area contributed by atoms with Crippen molar-refractivity contribution in [2.75, 3.05) is 19.8 Å². The highest BCUT2D eigenvalue weighted by atomic mass is 16.6. The van der Waals surface area contributed by atoms with Crippen LogP contribution in [-0.2, 0) is 0 Å². The molecule has 1 unspecified atom stereocenters. The molecular weight excluding hydrogens is 200 g/mol. The minimum absolute atomic E-state index is 0.108. The van der Waals surface area contributed by atoms with E-state index >= 15 is 0 Å². The molecule has 1 heterocycles. The van der Waals surface area contributed by atoms with Crippen LogP contribution in [0.4, 0.5) is 0 Å². The molecule has 16 heavy (non-hydrogen) atoms. The predicted octanol–water partition coefficient (Wildman–Crippen LogP) is 1.83. The van der Waals surface area contributed by atoms with Crippen molar-refractivity contribution in [1.82, 2.24) is 5.32 Å². The number of hydroxylamine groups is 3. The van der Waals surface area contributed by atoms with Crippen molar-refractivity contribution < 1.29 is 4.65 Å². The number of nitrogens with one attached hydrogen (secondary N) is 1. The molecule has 5 rings (SSSR count). The van der Waals surface area contributed by atoms with Crippen molar-refractivity contribution in [3.8, 4) is 0 Å². The molecule has 0 amide bonds. The average Bonchev–Trinajstić information content (AvgIpc) is 2.64. The third kappa shape index (κ3) is 1.14. The fourth-order valence-electron chi connectivity index (χ4n) is 5.57. The van der Waals surface area contributed by atoms with Crippen LogP contribution in [-0.4, -0.2) is 29.9 Å². The first kappa shape index (κ1) is 9.86. The van der Waals surface area contributed by atoms with Crippen LogP contribution in [0.3, 0.4) is 0 Å². The first-order valence-electron chi connectivity index (χ1n) is 6.98. The molecule has 4 aliphatic carbocycles. The van der Waals surface area contributed by atoms with Gasteiger partial charge in [-0.3, -0.25) is 5.32 Å². The zero-order chi connectivity index (χ0) is 10.8. The van der Waals surface area contributed by atoms with E-state index < -0.39 is 0 Å². The Bertz CT molecular complexity index is 274. The summed E-state index contributed by atoms with van der Waals surface area (Å²) in [5.41, 5.74) is 0.137. The quantitative estimate of drug-likeness (QED) is 0.542. The van der Waals surface area contributed by atoms with E-state index in [1.807, 2.05) is 0 Å². The molecule has 5 aliphatic rings. The summed E-state index contributed by atoms with van der Waals surface area (Å²) in [6.07, 6.45) is 8.03. The second-order valence-electron chi connectivity index (χ2n) is 6.91. The summed E-state index contributed by atoms with van der Waals surface area (Å²) in [4.78, 5) is 0. The topological polar surface area (TPSA) is 35.1 Å². The summed E-state index contributed by atoms with van der Waals surface area (Å²) in [5.74, 6) is 2.70. The van der Waals surface area contributed by atoms with Crippen molar-refractivity contribution >= 4 is 0 Å². The van der Waals surface area contributed by atoms with E-state index in [9.17, 15) is 5.21 Å². The van der Waals surface area contributed by atoms with E-state index in [4.69, 9.17) is 0 Å². The third-order valence-corrected chi connectivity index (χ3v) is 5.89. The van der Waals surface area contributed by atoms with E-state index in [1.54, 1.807) is 0 Å². The number of quaternary nitrogens is 1. The molecule has 0 radical (unpaired) electrons. The smallest absolute Gasteiger partial charge is 0.132 e. The molecule has 4 bridgehead atoms. The van der Waals surface area contributed by atoms with Crippen LogP contribution in [0.25, 0.3) is 0 Å². The van der Waals surface area contributed by atoms with Crippen LogP contribution >= 0.6 is 0 Å². The normalized spacial score (nSPS) is 59.4. The average molecular weight is 222 g/mol. The molecule has 1 aliphatic heterocycles. The van der Waals surface area contributed by atoms with E-state index in [-0.39, 0.29) is 10.2 Å². The van der Waals surface area contributed by atoms with Crippen LogP contribution in [0, 0.1) is 23.0 Å². The van der Waals surface area contributed by atoms with Gasteiger partial charge in [-0.1, -0.05) is 0 Å². The van der Waals surface area contributed by atoms with Gasteiger partial charge >= 0.3 is 0 Å². The molecule has 0 spiro atoms. The summed E-state index contributed by atoms with van der Waals surface area (Å²) in [5, 5.41) is 16.3. The molecule has 0 aromatic heterocycles. The van der Waals surface area contributed by atoms with Gasteiger partial charge in [0.15, 0.2) is 0 Å². The van der Waals surface area contributed by atoms with Crippen molar-refractivity contribution in [3.05, 3.63) is 5.21 Å². The molecular formula is C13H22N2O. The SMILES string of the molecule is [O-][N+]1(C23CC4CC(CC(C4)C2)C3)CCNC1. The lowest BCUT2D eigenvalue weighted by molar-refractivity contribution is -0.928. The number of rotatable bonds is 1. The monoisotopic (exact) mass is 222 g/mol. The molecule has 0 aromatic rings. The molecule has 4 saturated carbocycles.